The van der Waals surface area contributed by atoms with E-state index in [4.69, 9.17) is 0 Å². The van der Waals surface area contributed by atoms with Gasteiger partial charge in [0.2, 0.25) is 11.8 Å². The maximum atomic E-state index is 12.3. The summed E-state index contributed by atoms with van der Waals surface area (Å²) in [6.07, 6.45) is 6.28. The number of hydrogen-bond donors (Lipinski definition) is 2. The molecule has 2 amide bonds. The first-order valence-electron chi connectivity index (χ1n) is 7.65. The van der Waals surface area contributed by atoms with Crippen LogP contribution in [0.15, 0.2) is 42.0 Å². The van der Waals surface area contributed by atoms with E-state index in [9.17, 15) is 14.4 Å². The molecule has 0 saturated carbocycles. The minimum atomic E-state index is -0.772. The molecule has 6 heteroatoms. The van der Waals surface area contributed by atoms with Gasteiger partial charge in [-0.15, -0.1) is 0 Å². The highest BCUT2D eigenvalue weighted by Gasteiger charge is 2.24. The molecule has 24 heavy (non-hydrogen) atoms. The molecule has 0 fully saturated rings. The van der Waals surface area contributed by atoms with Crippen molar-refractivity contribution < 1.29 is 19.1 Å². The van der Waals surface area contributed by atoms with Gasteiger partial charge in [0.25, 0.3) is 0 Å². The zero-order valence-electron chi connectivity index (χ0n) is 13.5. The van der Waals surface area contributed by atoms with Crippen LogP contribution in [0.25, 0.3) is 0 Å². The Labute approximate surface area is 141 Å². The van der Waals surface area contributed by atoms with Gasteiger partial charge in [-0.25, -0.2) is 0 Å². The predicted octanol–water partition coefficient (Wildman–Crippen LogP) is 0.742. The summed E-state index contributed by atoms with van der Waals surface area (Å²) < 4.78 is 4.50. The molecule has 2 rings (SSSR count). The first-order chi connectivity index (χ1) is 11.6. The summed E-state index contributed by atoms with van der Waals surface area (Å²) in [4.78, 5) is 35.8. The summed E-state index contributed by atoms with van der Waals surface area (Å²) in [7, 11) is 1.25. The van der Waals surface area contributed by atoms with Crippen molar-refractivity contribution in [3.05, 3.63) is 60.4 Å². The minimum Gasteiger partial charge on any atom is -0.468 e. The van der Waals surface area contributed by atoms with E-state index in [0.717, 1.165) is 5.56 Å². The Kier molecular flexibility index (Phi) is 6.54. The van der Waals surface area contributed by atoms with E-state index in [1.807, 2.05) is 36.8 Å². The number of carbonyl (C=O) groups is 3. The van der Waals surface area contributed by atoms with Gasteiger partial charge >= 0.3 is 5.97 Å². The van der Waals surface area contributed by atoms with Crippen LogP contribution in [0.1, 0.15) is 12.0 Å². The topological polar surface area (TPSA) is 84.5 Å². The maximum absolute atomic E-state index is 12.3. The van der Waals surface area contributed by atoms with E-state index >= 15 is 0 Å². The molecule has 2 radical (unpaired) electrons. The second-order valence-electron chi connectivity index (χ2n) is 5.33. The molecule has 6 nitrogen and oxygen atoms in total. The lowest BCUT2D eigenvalue weighted by molar-refractivity contribution is -0.141. The molecule has 126 valence electrons. The van der Waals surface area contributed by atoms with Crippen molar-refractivity contribution in [2.24, 2.45) is 0 Å². The third kappa shape index (κ3) is 5.22. The molecule has 1 aliphatic carbocycles. The summed E-state index contributed by atoms with van der Waals surface area (Å²) in [6, 6.07) is 8.59. The predicted molar refractivity (Wildman–Crippen MR) is 88.4 cm³/mol. The van der Waals surface area contributed by atoms with Crippen LogP contribution in [0, 0.1) is 12.8 Å². The highest BCUT2D eigenvalue weighted by Crippen LogP contribution is 2.16. The van der Waals surface area contributed by atoms with Crippen molar-refractivity contribution in [2.75, 3.05) is 13.7 Å². The Balaban J connectivity index is 2.03. The fraction of sp³-hybridized carbons (Fsp3) is 0.278. The normalized spacial score (nSPS) is 14.5. The summed E-state index contributed by atoms with van der Waals surface area (Å²) in [6.45, 7) is -0.235. The summed E-state index contributed by atoms with van der Waals surface area (Å²) in [5, 5.41) is 5.22. The van der Waals surface area contributed by atoms with Gasteiger partial charge in [0.05, 0.1) is 7.11 Å². The number of rotatable bonds is 7. The van der Waals surface area contributed by atoms with Gasteiger partial charge in [0, 0.05) is 12.0 Å². The molecule has 1 aromatic carbocycles. The van der Waals surface area contributed by atoms with Crippen LogP contribution >= 0.6 is 0 Å². The molecule has 0 bridgehead atoms. The van der Waals surface area contributed by atoms with Crippen LogP contribution in [0.5, 0.6) is 0 Å². The van der Waals surface area contributed by atoms with Gasteiger partial charge in [-0.2, -0.15) is 0 Å². The van der Waals surface area contributed by atoms with Crippen LogP contribution in [-0.2, 0) is 25.5 Å². The van der Waals surface area contributed by atoms with Crippen molar-refractivity contribution in [1.29, 1.82) is 0 Å². The van der Waals surface area contributed by atoms with Crippen molar-refractivity contribution >= 4 is 17.8 Å². The molecular weight excluding hydrogens is 308 g/mol. The molecular formula is C18H20N2O4. The Morgan fingerprint density at radius 2 is 1.96 bits per heavy atom. The number of ether oxygens (including phenoxy) is 1. The summed E-state index contributed by atoms with van der Waals surface area (Å²) in [5.74, 6) is -1.26. The average molecular weight is 328 g/mol. The van der Waals surface area contributed by atoms with Gasteiger partial charge in [-0.3, -0.25) is 14.4 Å². The number of carbonyl (C=O) groups excluding carboxylic acids is 3. The number of allylic oxidation sites excluding steroid dienone is 1. The average Bonchev–Trinajstić information content (AvgIpc) is 3.14. The second-order valence-corrected chi connectivity index (χ2v) is 5.33. The lowest BCUT2D eigenvalue weighted by Gasteiger charge is -2.18. The lowest BCUT2D eigenvalue weighted by Crippen LogP contribution is -2.49. The summed E-state index contributed by atoms with van der Waals surface area (Å²) in [5.41, 5.74) is 1.52. The van der Waals surface area contributed by atoms with E-state index in [0.29, 0.717) is 18.4 Å². The van der Waals surface area contributed by atoms with Crippen LogP contribution in [-0.4, -0.2) is 37.5 Å². The van der Waals surface area contributed by atoms with Crippen molar-refractivity contribution in [3.8, 4) is 0 Å². The van der Waals surface area contributed by atoms with Gasteiger partial charge in [0.15, 0.2) is 0 Å². The van der Waals surface area contributed by atoms with Crippen LogP contribution in [0.3, 0.4) is 0 Å². The quantitative estimate of drug-likeness (QED) is 0.723. The van der Waals surface area contributed by atoms with E-state index in [1.54, 1.807) is 12.5 Å². The molecule has 1 atom stereocenters. The fourth-order valence-corrected chi connectivity index (χ4v) is 2.28. The first kappa shape index (κ1) is 17.7. The molecule has 1 aromatic rings. The van der Waals surface area contributed by atoms with E-state index in [2.05, 4.69) is 15.4 Å². The van der Waals surface area contributed by atoms with E-state index < -0.39 is 17.9 Å². The van der Waals surface area contributed by atoms with Gasteiger partial charge < -0.3 is 15.4 Å². The lowest BCUT2D eigenvalue weighted by atomic mass is 10.0. The third-order valence-corrected chi connectivity index (χ3v) is 3.60. The standard InChI is InChI=1S/C18H20N2O4/c1-24-16(21)12-19-18(23)15(11-13-7-3-2-4-8-13)20-17(22)14-9-5-6-10-14/h2-9,15H,10-12H2,1H3,(H,19,23)(H,20,22)/t15-/m0/s1. The molecule has 0 spiro atoms. The van der Waals surface area contributed by atoms with Gasteiger partial charge in [-0.05, 0) is 24.8 Å². The zero-order chi connectivity index (χ0) is 17.4. The fourth-order valence-electron chi connectivity index (χ4n) is 2.28. The monoisotopic (exact) mass is 328 g/mol. The zero-order valence-corrected chi connectivity index (χ0v) is 13.5. The molecule has 0 aromatic heterocycles. The molecule has 1 aliphatic rings. The summed E-state index contributed by atoms with van der Waals surface area (Å²) >= 11 is 0. The highest BCUT2D eigenvalue weighted by atomic mass is 16.5. The Morgan fingerprint density at radius 3 is 2.58 bits per heavy atom. The molecule has 0 aliphatic heterocycles. The van der Waals surface area contributed by atoms with Crippen molar-refractivity contribution in [2.45, 2.75) is 18.9 Å². The Morgan fingerprint density at radius 1 is 1.21 bits per heavy atom. The SMILES string of the molecule is COC(=O)CNC(=O)[C@H](Cc1ccccc1)NC(=O)C1=C[CH][CH]C1. The number of hydrogen-bond acceptors (Lipinski definition) is 4. The Bertz CT molecular complexity index is 625. The van der Waals surface area contributed by atoms with E-state index in [-0.39, 0.29) is 12.5 Å². The highest BCUT2D eigenvalue weighted by molar-refractivity contribution is 5.98. The molecule has 0 heterocycles. The van der Waals surface area contributed by atoms with Gasteiger partial charge in [0.1, 0.15) is 12.6 Å². The van der Waals surface area contributed by atoms with Crippen molar-refractivity contribution in [3.63, 3.8) is 0 Å². The number of benzene rings is 1. The van der Waals surface area contributed by atoms with Crippen LogP contribution < -0.4 is 10.6 Å². The van der Waals surface area contributed by atoms with E-state index in [1.165, 1.54) is 7.11 Å². The number of methoxy groups -OCH3 is 1. The van der Waals surface area contributed by atoms with Crippen molar-refractivity contribution in [1.82, 2.24) is 10.6 Å². The molecule has 0 unspecified atom stereocenters. The first-order valence-corrected chi connectivity index (χ1v) is 7.65. The number of nitrogens with one attached hydrogen (secondary N) is 2. The number of amides is 2. The van der Waals surface area contributed by atoms with Crippen LogP contribution in [0.4, 0.5) is 0 Å². The smallest absolute Gasteiger partial charge is 0.325 e. The molecule has 0 saturated heterocycles. The maximum Gasteiger partial charge on any atom is 0.325 e. The third-order valence-electron chi connectivity index (χ3n) is 3.60. The number of esters is 1. The molecule has 2 N–H and O–H groups in total. The largest absolute Gasteiger partial charge is 0.468 e. The second kappa shape index (κ2) is 8.86. The Hall–Kier alpha value is -2.63. The van der Waals surface area contributed by atoms with Gasteiger partial charge in [-0.1, -0.05) is 36.4 Å². The van der Waals surface area contributed by atoms with Crippen LogP contribution in [0.2, 0.25) is 0 Å². The minimum absolute atomic E-state index is 0.235.